The predicted molar refractivity (Wildman–Crippen MR) is 114 cm³/mol. The molecule has 1 amide bonds. The van der Waals surface area contributed by atoms with Crippen LogP contribution in [0.25, 0.3) is 0 Å². The van der Waals surface area contributed by atoms with Gasteiger partial charge in [-0.1, -0.05) is 30.3 Å². The van der Waals surface area contributed by atoms with Crippen LogP contribution in [0.1, 0.15) is 31.2 Å². The minimum Gasteiger partial charge on any atom is -0.381 e. The van der Waals surface area contributed by atoms with Crippen LogP contribution in [0.5, 0.6) is 0 Å². The van der Waals surface area contributed by atoms with Crippen LogP contribution in [0, 0.1) is 11.8 Å². The van der Waals surface area contributed by atoms with E-state index in [0.717, 1.165) is 37.5 Å². The molecule has 2 heterocycles. The molecule has 148 valence electrons. The van der Waals surface area contributed by atoms with Crippen LogP contribution >= 0.6 is 0 Å². The summed E-state index contributed by atoms with van der Waals surface area (Å²) in [7, 11) is 0. The van der Waals surface area contributed by atoms with Crippen LogP contribution in [-0.2, 0) is 16.0 Å². The monoisotopic (exact) mass is 378 g/mol. The van der Waals surface area contributed by atoms with E-state index in [2.05, 4.69) is 52.7 Å². The Morgan fingerprint density at radius 1 is 0.929 bits per heavy atom. The molecule has 0 spiro atoms. The van der Waals surface area contributed by atoms with E-state index >= 15 is 0 Å². The first kappa shape index (κ1) is 19.0. The molecule has 2 saturated heterocycles. The number of benzene rings is 2. The molecule has 4 nitrogen and oxygen atoms in total. The zero-order valence-electron chi connectivity index (χ0n) is 16.5. The first-order valence-electron chi connectivity index (χ1n) is 10.6. The summed E-state index contributed by atoms with van der Waals surface area (Å²) in [6.45, 7) is 3.59. The molecule has 4 rings (SSSR count). The Morgan fingerprint density at radius 3 is 2.29 bits per heavy atom. The fraction of sp³-hybridized carbons (Fsp3) is 0.458. The first-order valence-corrected chi connectivity index (χ1v) is 10.6. The predicted octanol–water partition coefficient (Wildman–Crippen LogP) is 4.51. The van der Waals surface area contributed by atoms with Crippen molar-refractivity contribution in [1.82, 2.24) is 0 Å². The summed E-state index contributed by atoms with van der Waals surface area (Å²) in [6, 6.07) is 19.2. The van der Waals surface area contributed by atoms with Gasteiger partial charge < -0.3 is 15.0 Å². The van der Waals surface area contributed by atoms with Gasteiger partial charge in [0.1, 0.15) is 0 Å². The summed E-state index contributed by atoms with van der Waals surface area (Å²) in [6.07, 6.45) is 5.30. The molecule has 0 unspecified atom stereocenters. The number of carbonyl (C=O) groups is 1. The second-order valence-corrected chi connectivity index (χ2v) is 8.04. The summed E-state index contributed by atoms with van der Waals surface area (Å²) in [5.74, 6) is 0.978. The molecular weight excluding hydrogens is 348 g/mol. The molecule has 2 aliphatic heterocycles. The van der Waals surface area contributed by atoms with E-state index in [1.807, 2.05) is 12.1 Å². The van der Waals surface area contributed by atoms with Crippen LogP contribution in [0.2, 0.25) is 0 Å². The van der Waals surface area contributed by atoms with Crippen molar-refractivity contribution >= 4 is 17.3 Å². The minimum atomic E-state index is 0.0806. The molecule has 0 atom stereocenters. The molecule has 2 fully saturated rings. The molecule has 4 heteroatoms. The SMILES string of the molecule is O=C(Nc1ccc(N2CCC(Cc3ccccc3)CC2)cc1)C1CCOCC1. The molecule has 2 aromatic rings. The maximum Gasteiger partial charge on any atom is 0.227 e. The molecule has 0 bridgehead atoms. The maximum absolute atomic E-state index is 12.4. The standard InChI is InChI=1S/C24H30N2O2/c27-24(21-12-16-28-17-13-21)25-22-6-8-23(9-7-22)26-14-10-20(11-15-26)18-19-4-2-1-3-5-19/h1-9,20-21H,10-18H2,(H,25,27). The Kier molecular flexibility index (Phi) is 6.27. The second kappa shape index (κ2) is 9.24. The Morgan fingerprint density at radius 2 is 1.61 bits per heavy atom. The van der Waals surface area contributed by atoms with Gasteiger partial charge in [-0.15, -0.1) is 0 Å². The normalized spacial score (nSPS) is 18.8. The highest BCUT2D eigenvalue weighted by Crippen LogP contribution is 2.27. The van der Waals surface area contributed by atoms with E-state index in [-0.39, 0.29) is 11.8 Å². The second-order valence-electron chi connectivity index (χ2n) is 8.04. The van der Waals surface area contributed by atoms with Crippen molar-refractivity contribution in [2.45, 2.75) is 32.1 Å². The third kappa shape index (κ3) is 4.93. The molecule has 28 heavy (non-hydrogen) atoms. The Hall–Kier alpha value is -2.33. The van der Waals surface area contributed by atoms with Crippen LogP contribution in [0.3, 0.4) is 0 Å². The van der Waals surface area contributed by atoms with Crippen LogP contribution in [0.4, 0.5) is 11.4 Å². The lowest BCUT2D eigenvalue weighted by Crippen LogP contribution is -2.34. The lowest BCUT2D eigenvalue weighted by atomic mass is 9.90. The molecule has 0 aromatic heterocycles. The highest BCUT2D eigenvalue weighted by atomic mass is 16.5. The molecule has 2 aliphatic rings. The number of carbonyl (C=O) groups excluding carboxylic acids is 1. The van der Waals surface area contributed by atoms with Crippen LogP contribution in [-0.4, -0.2) is 32.2 Å². The van der Waals surface area contributed by atoms with E-state index in [1.165, 1.54) is 30.5 Å². The number of ether oxygens (including phenoxy) is 1. The molecule has 1 N–H and O–H groups in total. The van der Waals surface area contributed by atoms with Crippen molar-refractivity contribution in [3.63, 3.8) is 0 Å². The number of hydrogen-bond donors (Lipinski definition) is 1. The Balaban J connectivity index is 1.27. The van der Waals surface area contributed by atoms with Crippen LogP contribution in [0.15, 0.2) is 54.6 Å². The van der Waals surface area contributed by atoms with Crippen molar-refractivity contribution < 1.29 is 9.53 Å². The number of nitrogens with zero attached hydrogens (tertiary/aromatic N) is 1. The number of hydrogen-bond acceptors (Lipinski definition) is 3. The van der Waals surface area contributed by atoms with Gasteiger partial charge in [-0.25, -0.2) is 0 Å². The summed E-state index contributed by atoms with van der Waals surface area (Å²) < 4.78 is 5.34. The topological polar surface area (TPSA) is 41.6 Å². The minimum absolute atomic E-state index is 0.0806. The lowest BCUT2D eigenvalue weighted by molar-refractivity contribution is -0.122. The van der Waals surface area contributed by atoms with Crippen molar-refractivity contribution in [3.8, 4) is 0 Å². The molecule has 0 saturated carbocycles. The number of amides is 1. The Labute approximate surface area is 167 Å². The smallest absolute Gasteiger partial charge is 0.227 e. The van der Waals surface area contributed by atoms with E-state index in [0.29, 0.717) is 13.2 Å². The lowest BCUT2D eigenvalue weighted by Gasteiger charge is -2.34. The summed E-state index contributed by atoms with van der Waals surface area (Å²) >= 11 is 0. The molecule has 0 aliphatic carbocycles. The largest absolute Gasteiger partial charge is 0.381 e. The van der Waals surface area contributed by atoms with E-state index in [1.54, 1.807) is 0 Å². The number of nitrogens with one attached hydrogen (secondary N) is 1. The average molecular weight is 379 g/mol. The van der Waals surface area contributed by atoms with Crippen molar-refractivity contribution in [2.24, 2.45) is 11.8 Å². The van der Waals surface area contributed by atoms with Gasteiger partial charge >= 0.3 is 0 Å². The number of anilines is 2. The zero-order valence-corrected chi connectivity index (χ0v) is 16.5. The van der Waals surface area contributed by atoms with Crippen molar-refractivity contribution in [2.75, 3.05) is 36.5 Å². The highest BCUT2D eigenvalue weighted by molar-refractivity contribution is 5.92. The number of piperidine rings is 1. The van der Waals surface area contributed by atoms with Gasteiger partial charge in [0.05, 0.1) is 0 Å². The van der Waals surface area contributed by atoms with E-state index in [9.17, 15) is 4.79 Å². The number of rotatable bonds is 5. The fourth-order valence-electron chi connectivity index (χ4n) is 4.30. The van der Waals surface area contributed by atoms with Gasteiger partial charge in [0.25, 0.3) is 0 Å². The van der Waals surface area contributed by atoms with Crippen molar-refractivity contribution in [1.29, 1.82) is 0 Å². The van der Waals surface area contributed by atoms with Gasteiger partial charge in [-0.05, 0) is 67.9 Å². The van der Waals surface area contributed by atoms with Crippen molar-refractivity contribution in [3.05, 3.63) is 60.2 Å². The molecule has 0 radical (unpaired) electrons. The summed E-state index contributed by atoms with van der Waals surface area (Å²) in [4.78, 5) is 14.8. The van der Waals surface area contributed by atoms with Crippen LogP contribution < -0.4 is 10.2 Å². The van der Waals surface area contributed by atoms with E-state index < -0.39 is 0 Å². The fourth-order valence-corrected chi connectivity index (χ4v) is 4.30. The first-order chi connectivity index (χ1) is 13.8. The maximum atomic E-state index is 12.4. The quantitative estimate of drug-likeness (QED) is 0.832. The average Bonchev–Trinajstić information content (AvgIpc) is 2.76. The summed E-state index contributed by atoms with van der Waals surface area (Å²) in [5.41, 5.74) is 3.59. The zero-order chi connectivity index (χ0) is 19.2. The van der Waals surface area contributed by atoms with Gasteiger partial charge in [0.15, 0.2) is 0 Å². The third-order valence-corrected chi connectivity index (χ3v) is 6.07. The van der Waals surface area contributed by atoms with E-state index in [4.69, 9.17) is 4.74 Å². The molecular formula is C24H30N2O2. The molecule has 2 aromatic carbocycles. The van der Waals surface area contributed by atoms with Gasteiger partial charge in [-0.3, -0.25) is 4.79 Å². The van der Waals surface area contributed by atoms with Gasteiger partial charge in [-0.2, -0.15) is 0 Å². The third-order valence-electron chi connectivity index (χ3n) is 6.07. The van der Waals surface area contributed by atoms with Gasteiger partial charge in [0, 0.05) is 43.6 Å². The van der Waals surface area contributed by atoms with Gasteiger partial charge in [0.2, 0.25) is 5.91 Å². The highest BCUT2D eigenvalue weighted by Gasteiger charge is 2.22. The Bertz CT molecular complexity index is 746. The summed E-state index contributed by atoms with van der Waals surface area (Å²) in [5, 5.41) is 3.06.